The van der Waals surface area contributed by atoms with Crippen molar-refractivity contribution in [3.63, 3.8) is 0 Å². The number of rotatable bonds is 2. The summed E-state index contributed by atoms with van der Waals surface area (Å²) in [6, 6.07) is 0. The van der Waals surface area contributed by atoms with E-state index in [0.29, 0.717) is 0 Å². The van der Waals surface area contributed by atoms with Gasteiger partial charge in [0, 0.05) is 12.7 Å². The van der Waals surface area contributed by atoms with Crippen LogP contribution >= 0.6 is 0 Å². The fourth-order valence-corrected chi connectivity index (χ4v) is 1.15. The lowest BCUT2D eigenvalue weighted by Crippen LogP contribution is -2.05. The van der Waals surface area contributed by atoms with Gasteiger partial charge in [-0.15, -0.1) is 0 Å². The van der Waals surface area contributed by atoms with Crippen molar-refractivity contribution in [2.24, 2.45) is 0 Å². The molecule has 0 aromatic rings. The van der Waals surface area contributed by atoms with Gasteiger partial charge in [0.05, 0.1) is 6.61 Å². The zero-order chi connectivity index (χ0) is 8.81. The molecule has 0 unspecified atom stereocenters. The Hall–Kier alpha value is -1.02. The number of likely N-dealkylation sites (N-methyl/N-ethyl adjacent to an activating group) is 1. The van der Waals surface area contributed by atoms with Gasteiger partial charge in [-0.05, 0) is 24.5 Å². The van der Waals surface area contributed by atoms with Crippen molar-refractivity contribution in [1.29, 1.82) is 0 Å². The van der Waals surface area contributed by atoms with E-state index < -0.39 is 0 Å². The van der Waals surface area contributed by atoms with Crippen molar-refractivity contribution in [3.05, 3.63) is 35.6 Å². The van der Waals surface area contributed by atoms with Crippen molar-refractivity contribution >= 4 is 0 Å². The van der Waals surface area contributed by atoms with Gasteiger partial charge in [0.25, 0.3) is 0 Å². The second-order valence-electron chi connectivity index (χ2n) is 2.77. The van der Waals surface area contributed by atoms with Crippen LogP contribution in [0.5, 0.6) is 0 Å². The monoisotopic (exact) mass is 165 g/mol. The second kappa shape index (κ2) is 4.78. The first-order valence-corrected chi connectivity index (χ1v) is 4.22. The van der Waals surface area contributed by atoms with Gasteiger partial charge >= 0.3 is 0 Å². The number of aliphatic hydroxyl groups excluding tert-OH is 1. The molecule has 1 aliphatic rings. The maximum atomic E-state index is 8.95. The number of aliphatic hydroxyl groups is 1. The molecule has 0 heterocycles. The van der Waals surface area contributed by atoms with Crippen molar-refractivity contribution in [2.75, 3.05) is 13.7 Å². The van der Waals surface area contributed by atoms with Crippen LogP contribution in [-0.4, -0.2) is 18.8 Å². The van der Waals surface area contributed by atoms with Gasteiger partial charge in [-0.2, -0.15) is 0 Å². The maximum absolute atomic E-state index is 8.95. The molecule has 0 bridgehead atoms. The van der Waals surface area contributed by atoms with Crippen molar-refractivity contribution in [1.82, 2.24) is 5.32 Å². The molecule has 0 saturated carbocycles. The smallest absolute Gasteiger partial charge is 0.0682 e. The van der Waals surface area contributed by atoms with E-state index in [4.69, 9.17) is 5.11 Å². The van der Waals surface area contributed by atoms with Crippen molar-refractivity contribution in [2.45, 2.75) is 12.8 Å². The second-order valence-corrected chi connectivity index (χ2v) is 2.77. The van der Waals surface area contributed by atoms with Crippen LogP contribution in [0.15, 0.2) is 35.6 Å². The Morgan fingerprint density at radius 3 is 3.00 bits per heavy atom. The zero-order valence-corrected chi connectivity index (χ0v) is 7.38. The minimum absolute atomic E-state index is 0.107. The van der Waals surface area contributed by atoms with Gasteiger partial charge in [0.2, 0.25) is 0 Å². The molecule has 0 spiro atoms. The van der Waals surface area contributed by atoms with Crippen LogP contribution in [-0.2, 0) is 0 Å². The van der Waals surface area contributed by atoms with Crippen molar-refractivity contribution in [3.8, 4) is 0 Å². The SMILES string of the molecule is CNC1=CCC/C=C/C(CO)=C1. The van der Waals surface area contributed by atoms with Crippen LogP contribution in [0, 0.1) is 0 Å². The summed E-state index contributed by atoms with van der Waals surface area (Å²) in [5.41, 5.74) is 2.04. The molecule has 0 atom stereocenters. The third-order valence-electron chi connectivity index (χ3n) is 1.84. The quantitative estimate of drug-likeness (QED) is 0.647. The summed E-state index contributed by atoms with van der Waals surface area (Å²) >= 11 is 0. The molecule has 0 fully saturated rings. The van der Waals surface area contributed by atoms with Gasteiger partial charge in [-0.3, -0.25) is 0 Å². The van der Waals surface area contributed by atoms with E-state index in [0.717, 1.165) is 24.1 Å². The van der Waals surface area contributed by atoms with Gasteiger partial charge in [0.1, 0.15) is 0 Å². The molecule has 0 aromatic heterocycles. The molecule has 0 radical (unpaired) electrons. The van der Waals surface area contributed by atoms with E-state index in [1.165, 1.54) is 0 Å². The maximum Gasteiger partial charge on any atom is 0.0682 e. The lowest BCUT2D eigenvalue weighted by molar-refractivity contribution is 0.334. The van der Waals surface area contributed by atoms with E-state index in [-0.39, 0.29) is 6.61 Å². The number of hydrogen-bond acceptors (Lipinski definition) is 2. The fourth-order valence-electron chi connectivity index (χ4n) is 1.15. The molecule has 1 rings (SSSR count). The minimum atomic E-state index is 0.107. The first-order valence-electron chi connectivity index (χ1n) is 4.22. The fraction of sp³-hybridized carbons (Fsp3) is 0.400. The summed E-state index contributed by atoms with van der Waals surface area (Å²) in [5.74, 6) is 0. The minimum Gasteiger partial charge on any atom is -0.392 e. The van der Waals surface area contributed by atoms with E-state index in [1.54, 1.807) is 0 Å². The van der Waals surface area contributed by atoms with Gasteiger partial charge in [-0.1, -0.05) is 18.2 Å². The Balaban J connectivity index is 2.80. The van der Waals surface area contributed by atoms with Crippen LogP contribution in [0.4, 0.5) is 0 Å². The molecule has 2 nitrogen and oxygen atoms in total. The molecular formula is C10H15NO. The molecule has 0 aromatic carbocycles. The van der Waals surface area contributed by atoms with Gasteiger partial charge in [-0.25, -0.2) is 0 Å². The Labute approximate surface area is 73.3 Å². The van der Waals surface area contributed by atoms with Crippen LogP contribution in [0.3, 0.4) is 0 Å². The molecular weight excluding hydrogens is 150 g/mol. The number of hydrogen-bond donors (Lipinski definition) is 2. The number of allylic oxidation sites excluding steroid dienone is 3. The van der Waals surface area contributed by atoms with E-state index in [9.17, 15) is 0 Å². The van der Waals surface area contributed by atoms with E-state index >= 15 is 0 Å². The van der Waals surface area contributed by atoms with Crippen LogP contribution < -0.4 is 5.32 Å². The number of nitrogens with one attached hydrogen (secondary N) is 1. The Morgan fingerprint density at radius 2 is 2.33 bits per heavy atom. The standard InChI is InChI=1S/C10H15NO/c1-11-10-6-4-2-3-5-9(7-10)8-12/h3,5-7,11-12H,2,4,8H2,1H3/b5-3+,9-7?,10-6?. The molecule has 66 valence electrons. The normalized spacial score (nSPS) is 20.2. The summed E-state index contributed by atoms with van der Waals surface area (Å²) in [6.07, 6.45) is 10.3. The third kappa shape index (κ3) is 2.55. The predicted molar refractivity (Wildman–Crippen MR) is 50.7 cm³/mol. The molecule has 12 heavy (non-hydrogen) atoms. The summed E-state index contributed by atoms with van der Waals surface area (Å²) in [5, 5.41) is 12.0. The van der Waals surface area contributed by atoms with E-state index in [1.807, 2.05) is 19.2 Å². The Morgan fingerprint density at radius 1 is 1.50 bits per heavy atom. The Kier molecular flexibility index (Phi) is 3.61. The highest BCUT2D eigenvalue weighted by molar-refractivity contribution is 5.30. The third-order valence-corrected chi connectivity index (χ3v) is 1.84. The first-order chi connectivity index (χ1) is 5.86. The summed E-state index contributed by atoms with van der Waals surface area (Å²) in [7, 11) is 1.89. The average molecular weight is 165 g/mol. The highest BCUT2D eigenvalue weighted by Crippen LogP contribution is 2.08. The summed E-state index contributed by atoms with van der Waals surface area (Å²) in [6.45, 7) is 0.107. The molecule has 0 amide bonds. The Bertz CT molecular complexity index is 226. The highest BCUT2D eigenvalue weighted by Gasteiger charge is 1.95. The molecule has 2 N–H and O–H groups in total. The summed E-state index contributed by atoms with van der Waals surface area (Å²) < 4.78 is 0. The van der Waals surface area contributed by atoms with Crippen LogP contribution in [0.2, 0.25) is 0 Å². The molecule has 1 aliphatic carbocycles. The first kappa shape index (κ1) is 9.07. The topological polar surface area (TPSA) is 32.3 Å². The lowest BCUT2D eigenvalue weighted by atomic mass is 10.1. The van der Waals surface area contributed by atoms with E-state index in [2.05, 4.69) is 17.5 Å². The highest BCUT2D eigenvalue weighted by atomic mass is 16.3. The van der Waals surface area contributed by atoms with Gasteiger partial charge in [0.15, 0.2) is 0 Å². The summed E-state index contributed by atoms with van der Waals surface area (Å²) in [4.78, 5) is 0. The zero-order valence-electron chi connectivity index (χ0n) is 7.38. The van der Waals surface area contributed by atoms with Crippen LogP contribution in [0.25, 0.3) is 0 Å². The lowest BCUT2D eigenvalue weighted by Gasteiger charge is -2.05. The molecule has 0 aliphatic heterocycles. The predicted octanol–water partition coefficient (Wildman–Crippen LogP) is 1.36. The molecule has 0 saturated heterocycles. The average Bonchev–Trinajstić information content (AvgIpc) is 2.05. The van der Waals surface area contributed by atoms with Crippen molar-refractivity contribution < 1.29 is 5.11 Å². The molecule has 2 heteroatoms. The largest absolute Gasteiger partial charge is 0.392 e. The van der Waals surface area contributed by atoms with Crippen LogP contribution in [0.1, 0.15) is 12.8 Å². The van der Waals surface area contributed by atoms with Gasteiger partial charge < -0.3 is 10.4 Å².